The summed E-state index contributed by atoms with van der Waals surface area (Å²) in [6, 6.07) is -3.86. The zero-order chi connectivity index (χ0) is 36.8. The average molecular weight is 743 g/mol. The highest BCUT2D eigenvalue weighted by atomic mass is 33.1. The highest BCUT2D eigenvalue weighted by Gasteiger charge is 2.23. The smallest absolute Gasteiger partial charge is 0.329 e. The quantitative estimate of drug-likeness (QED) is 0.0568. The van der Waals surface area contributed by atoms with Gasteiger partial charge in [0.05, 0.1) is 6.61 Å². The van der Waals surface area contributed by atoms with E-state index in [0.717, 1.165) is 21.6 Å². The van der Waals surface area contributed by atoms with Crippen LogP contribution in [-0.4, -0.2) is 117 Å². The Balaban J connectivity index is -0.000000161. The van der Waals surface area contributed by atoms with Crippen LogP contribution in [0.5, 0.6) is 0 Å². The van der Waals surface area contributed by atoms with Crippen molar-refractivity contribution in [3.05, 3.63) is 0 Å². The number of carboxylic acid groups (broad SMARTS) is 3. The molecule has 0 aliphatic rings. The largest absolute Gasteiger partial charge is 0.480 e. The van der Waals surface area contributed by atoms with Crippen molar-refractivity contribution in [1.29, 1.82) is 0 Å². The van der Waals surface area contributed by atoms with Gasteiger partial charge in [-0.05, 0) is 6.92 Å². The Kier molecular flexibility index (Phi) is 34.9. The molecular formula is C26H52N4O12S4. The molecule has 4 unspecified atom stereocenters. The zero-order valence-electron chi connectivity index (χ0n) is 27.5. The van der Waals surface area contributed by atoms with Gasteiger partial charge in [-0.2, -0.15) is 0 Å². The predicted molar refractivity (Wildman–Crippen MR) is 187 cm³/mol. The molecule has 0 aliphatic carbocycles. The van der Waals surface area contributed by atoms with Gasteiger partial charge in [-0.25, -0.2) is 19.2 Å². The Morgan fingerprint density at radius 1 is 0.522 bits per heavy atom. The van der Waals surface area contributed by atoms with Gasteiger partial charge in [-0.1, -0.05) is 70.9 Å². The Labute approximate surface area is 288 Å². The van der Waals surface area contributed by atoms with Crippen molar-refractivity contribution in [2.45, 2.75) is 86.5 Å². The van der Waals surface area contributed by atoms with Crippen molar-refractivity contribution >= 4 is 90.7 Å². The maximum atomic E-state index is 11.6. The van der Waals surface area contributed by atoms with Crippen molar-refractivity contribution in [3.8, 4) is 0 Å². The van der Waals surface area contributed by atoms with Gasteiger partial charge in [0.15, 0.2) is 0 Å². The molecule has 16 nitrogen and oxygen atoms in total. The van der Waals surface area contributed by atoms with Gasteiger partial charge in [0, 0.05) is 53.6 Å². The number of hydrogen-bond acceptors (Lipinski definition) is 13. The van der Waals surface area contributed by atoms with E-state index in [4.69, 9.17) is 20.1 Å². The van der Waals surface area contributed by atoms with Crippen LogP contribution in [0.3, 0.4) is 0 Å². The second-order valence-electron chi connectivity index (χ2n) is 7.92. The number of carbonyl (C=O) groups is 8. The standard InChI is InChI=1S/C12H20N2O6S2.C10H16N2O6S2.2C2H6.2H2/c1-4-20-12(19)10(14-8(3)16)6-22-21-5-9(11(17)18)13-7(2)15;1-5(13)11-7(9(15)16)3-19-20-4-8(10(17)18)12-6(2)14;2*1-2;;/h9-10H,4-6H2,1-3H3,(H,13,15)(H,14,16)(H,17,18);7-8H,3-4H2,1-2H3,(H,11,13)(H,12,14)(H,15,16)(H,17,18);2*1-2H3;2*1H/i;;;;2*1+1. The van der Waals surface area contributed by atoms with E-state index in [0.29, 0.717) is 0 Å². The summed E-state index contributed by atoms with van der Waals surface area (Å²) in [7, 11) is 4.62. The lowest BCUT2D eigenvalue weighted by Crippen LogP contribution is -2.43. The minimum Gasteiger partial charge on any atom is -0.480 e. The topological polar surface area (TPSA) is 255 Å². The van der Waals surface area contributed by atoms with Crippen LogP contribution in [0.1, 0.15) is 65.2 Å². The molecule has 4 atom stereocenters. The van der Waals surface area contributed by atoms with Crippen molar-refractivity contribution in [2.24, 2.45) is 0 Å². The maximum absolute atomic E-state index is 11.6. The molecule has 272 valence electrons. The van der Waals surface area contributed by atoms with Gasteiger partial charge in [0.1, 0.15) is 24.2 Å². The molecule has 0 aliphatic heterocycles. The zero-order valence-corrected chi connectivity index (χ0v) is 30.8. The molecule has 20 heteroatoms. The first-order chi connectivity index (χ1) is 21.5. The van der Waals surface area contributed by atoms with Crippen LogP contribution in [-0.2, 0) is 43.1 Å². The number of hydrogen-bond donors (Lipinski definition) is 7. The van der Waals surface area contributed by atoms with Crippen LogP contribution in [0.25, 0.3) is 0 Å². The molecule has 0 bridgehead atoms. The fraction of sp³-hybridized carbons (Fsp3) is 0.692. The van der Waals surface area contributed by atoms with E-state index >= 15 is 0 Å². The van der Waals surface area contributed by atoms with Gasteiger partial charge < -0.3 is 41.3 Å². The number of rotatable bonds is 19. The van der Waals surface area contributed by atoms with Gasteiger partial charge in [0.2, 0.25) is 23.6 Å². The first kappa shape index (κ1) is 50.0. The molecular weight excluding hydrogens is 689 g/mol. The van der Waals surface area contributed by atoms with Gasteiger partial charge in [0.25, 0.3) is 0 Å². The summed E-state index contributed by atoms with van der Waals surface area (Å²) in [5.41, 5.74) is 0. The fourth-order valence-corrected chi connectivity index (χ4v) is 7.00. The molecule has 0 rings (SSSR count). The van der Waals surface area contributed by atoms with Gasteiger partial charge in [-0.15, -0.1) is 0 Å². The summed E-state index contributed by atoms with van der Waals surface area (Å²) in [6.07, 6.45) is 0. The number of aliphatic carboxylic acids is 3. The lowest BCUT2D eigenvalue weighted by Gasteiger charge is -2.16. The van der Waals surface area contributed by atoms with Crippen molar-refractivity contribution in [1.82, 2.24) is 21.3 Å². The molecule has 0 saturated heterocycles. The Hall–Kier alpha value is -2.84. The van der Waals surface area contributed by atoms with Crippen LogP contribution in [0.15, 0.2) is 0 Å². The fourth-order valence-electron chi connectivity index (χ4n) is 2.38. The van der Waals surface area contributed by atoms with Crippen LogP contribution in [0.4, 0.5) is 0 Å². The van der Waals surface area contributed by atoms with Gasteiger partial charge in [-0.3, -0.25) is 19.2 Å². The van der Waals surface area contributed by atoms with E-state index in [1.54, 1.807) is 6.92 Å². The Bertz CT molecular complexity index is 936. The summed E-state index contributed by atoms with van der Waals surface area (Å²) in [5, 5.41) is 35.9. The highest BCUT2D eigenvalue weighted by Crippen LogP contribution is 2.24. The second kappa shape index (κ2) is 32.1. The van der Waals surface area contributed by atoms with Crippen LogP contribution < -0.4 is 21.3 Å². The van der Waals surface area contributed by atoms with Crippen molar-refractivity contribution < 1.29 is 61.3 Å². The highest BCUT2D eigenvalue weighted by molar-refractivity contribution is 8.77. The van der Waals surface area contributed by atoms with Crippen LogP contribution in [0.2, 0.25) is 0 Å². The Morgan fingerprint density at radius 2 is 0.739 bits per heavy atom. The molecule has 0 spiro atoms. The molecule has 0 saturated carbocycles. The molecule has 46 heavy (non-hydrogen) atoms. The third-order valence-corrected chi connectivity index (χ3v) is 8.92. The van der Waals surface area contributed by atoms with Crippen molar-refractivity contribution in [2.75, 3.05) is 29.6 Å². The first-order valence-corrected chi connectivity index (χ1v) is 18.9. The average Bonchev–Trinajstić information content (AvgIpc) is 2.96. The van der Waals surface area contributed by atoms with E-state index in [9.17, 15) is 38.4 Å². The number of carbonyl (C=O) groups excluding carboxylic acids is 5. The number of ether oxygens (including phenoxy) is 1. The van der Waals surface area contributed by atoms with E-state index in [-0.39, 0.29) is 38.4 Å². The van der Waals surface area contributed by atoms with E-state index in [2.05, 4.69) is 21.3 Å². The van der Waals surface area contributed by atoms with Crippen LogP contribution in [0, 0.1) is 0 Å². The molecule has 0 fully saturated rings. The summed E-state index contributed by atoms with van der Waals surface area (Å²) in [6.45, 7) is 14.8. The molecule has 7 N–H and O–H groups in total. The summed E-state index contributed by atoms with van der Waals surface area (Å²) >= 11 is 0. The SMILES string of the molecule is CC.CC.CC(=O)NC(CSSCC(NC(C)=O)C(=O)O)C(=O)O.CCOC(=O)C(CSSCC(NC(C)=O)C(=O)O)NC(C)=O.[2HH].[2HH]. The normalized spacial score (nSPS) is 12.1. The van der Waals surface area contributed by atoms with E-state index in [1.807, 2.05) is 27.7 Å². The van der Waals surface area contributed by atoms with E-state index < -0.39 is 65.8 Å². The lowest BCUT2D eigenvalue weighted by atomic mass is 10.3. The van der Waals surface area contributed by atoms with Crippen LogP contribution >= 0.6 is 43.2 Å². The third-order valence-electron chi connectivity index (χ3n) is 4.08. The number of esters is 1. The predicted octanol–water partition coefficient (Wildman–Crippen LogP) is 2.12. The lowest BCUT2D eigenvalue weighted by molar-refractivity contribution is -0.146. The Morgan fingerprint density at radius 3 is 0.935 bits per heavy atom. The molecule has 0 heterocycles. The third kappa shape index (κ3) is 31.2. The molecule has 0 aromatic carbocycles. The number of nitrogens with one attached hydrogen (secondary N) is 4. The second-order valence-corrected chi connectivity index (χ2v) is 13.0. The maximum Gasteiger partial charge on any atom is 0.329 e. The van der Waals surface area contributed by atoms with E-state index in [1.165, 1.54) is 49.3 Å². The minimum absolute atomic E-state index is 0. The minimum atomic E-state index is -1.16. The monoisotopic (exact) mass is 742 g/mol. The molecule has 4 amide bonds. The number of amides is 4. The summed E-state index contributed by atoms with van der Waals surface area (Å²) in [5.74, 6) is -5.15. The molecule has 0 aromatic rings. The molecule has 0 aromatic heterocycles. The molecule has 0 radical (unpaired) electrons. The summed E-state index contributed by atoms with van der Waals surface area (Å²) in [4.78, 5) is 87.8. The first-order valence-electron chi connectivity index (χ1n) is 13.9. The van der Waals surface area contributed by atoms with Gasteiger partial charge >= 0.3 is 23.9 Å². The summed E-state index contributed by atoms with van der Waals surface area (Å²) < 4.78 is 4.85. The van der Waals surface area contributed by atoms with Crippen molar-refractivity contribution in [3.63, 3.8) is 0 Å². The number of carboxylic acids is 3.